The first-order chi connectivity index (χ1) is 9.20. The van der Waals surface area contributed by atoms with Gasteiger partial charge in [-0.05, 0) is 37.1 Å². The molecule has 0 spiro atoms. The lowest BCUT2D eigenvalue weighted by Crippen LogP contribution is -2.21. The van der Waals surface area contributed by atoms with E-state index in [2.05, 4.69) is 30.8 Å². The largest absolute Gasteiger partial charge is 0.367 e. The van der Waals surface area contributed by atoms with Gasteiger partial charge in [0.2, 0.25) is 0 Å². The first kappa shape index (κ1) is 12.0. The van der Waals surface area contributed by atoms with Crippen molar-refractivity contribution in [2.24, 2.45) is 0 Å². The minimum atomic E-state index is 0.386. The fourth-order valence-electron chi connectivity index (χ4n) is 2.45. The molecule has 0 aliphatic carbocycles. The summed E-state index contributed by atoms with van der Waals surface area (Å²) in [5.41, 5.74) is 0.988. The van der Waals surface area contributed by atoms with Crippen LogP contribution < -0.4 is 5.32 Å². The number of nitrogens with one attached hydrogen (secondary N) is 1. The average Bonchev–Trinajstić information content (AvgIpc) is 2.71. The summed E-state index contributed by atoms with van der Waals surface area (Å²) < 4.78 is 1.89. The minimum absolute atomic E-state index is 0.386. The maximum atomic E-state index is 4.42. The fourth-order valence-corrected chi connectivity index (χ4v) is 2.45. The van der Waals surface area contributed by atoms with Gasteiger partial charge < -0.3 is 5.32 Å². The highest BCUT2D eigenvalue weighted by atomic mass is 15.5. The van der Waals surface area contributed by atoms with Gasteiger partial charge in [0, 0.05) is 30.8 Å². The van der Waals surface area contributed by atoms with Crippen molar-refractivity contribution in [3.8, 4) is 0 Å². The Morgan fingerprint density at radius 1 is 1.26 bits per heavy atom. The summed E-state index contributed by atoms with van der Waals surface area (Å²) in [5, 5.41) is 15.2. The van der Waals surface area contributed by atoms with E-state index in [1.54, 1.807) is 0 Å². The second-order valence-corrected chi connectivity index (χ2v) is 4.93. The molecule has 2 aromatic heterocycles. The molecule has 19 heavy (non-hydrogen) atoms. The summed E-state index contributed by atoms with van der Waals surface area (Å²) in [5.74, 6) is 2.68. The van der Waals surface area contributed by atoms with Crippen LogP contribution in [0.25, 0.3) is 0 Å². The molecule has 1 atom stereocenters. The van der Waals surface area contributed by atoms with Gasteiger partial charge in [0.25, 0.3) is 0 Å². The van der Waals surface area contributed by atoms with Gasteiger partial charge in [0.05, 0.1) is 0 Å². The molecular weight excluding hydrogens is 242 g/mol. The van der Waals surface area contributed by atoms with E-state index >= 15 is 0 Å². The first-order valence-corrected chi connectivity index (χ1v) is 6.54. The van der Waals surface area contributed by atoms with Crippen LogP contribution >= 0.6 is 0 Å². The van der Waals surface area contributed by atoms with Gasteiger partial charge in [-0.3, -0.25) is 0 Å². The molecule has 0 fully saturated rings. The Balaban J connectivity index is 1.69. The van der Waals surface area contributed by atoms with Crippen molar-refractivity contribution in [2.45, 2.75) is 45.7 Å². The number of tetrazole rings is 1. The zero-order chi connectivity index (χ0) is 13.2. The highest BCUT2D eigenvalue weighted by Gasteiger charge is 2.18. The minimum Gasteiger partial charge on any atom is -0.367 e. The van der Waals surface area contributed by atoms with E-state index in [-0.39, 0.29) is 0 Å². The predicted octanol–water partition coefficient (Wildman–Crippen LogP) is 0.897. The van der Waals surface area contributed by atoms with E-state index in [4.69, 9.17) is 0 Å². The number of nitrogens with zero attached hydrogens (tertiary/aromatic N) is 6. The smallest absolute Gasteiger partial charge is 0.151 e. The van der Waals surface area contributed by atoms with Crippen LogP contribution in [0.15, 0.2) is 6.07 Å². The van der Waals surface area contributed by atoms with E-state index in [1.807, 2.05) is 24.6 Å². The average molecular weight is 259 g/mol. The normalized spacial score (nSPS) is 18.7. The predicted molar refractivity (Wildman–Crippen MR) is 69.7 cm³/mol. The standard InChI is InChI=1S/C12H17N7/c1-8-7-11(14-9(2)13-8)15-10-3-4-12-16-17-18-19(12)6-5-10/h7,10H,3-6H2,1-2H3,(H,13,14,15)/t10-/m0/s1. The zero-order valence-electron chi connectivity index (χ0n) is 11.2. The molecule has 0 saturated carbocycles. The lowest BCUT2D eigenvalue weighted by Gasteiger charge is -2.16. The molecule has 2 aromatic rings. The topological polar surface area (TPSA) is 81.4 Å². The Morgan fingerprint density at radius 3 is 3.00 bits per heavy atom. The van der Waals surface area contributed by atoms with Crippen LogP contribution in [-0.4, -0.2) is 36.2 Å². The second kappa shape index (κ2) is 4.91. The summed E-state index contributed by atoms with van der Waals surface area (Å²) >= 11 is 0. The molecule has 0 bridgehead atoms. The number of rotatable bonds is 2. The molecule has 0 saturated heterocycles. The van der Waals surface area contributed by atoms with E-state index in [9.17, 15) is 0 Å². The molecule has 100 valence electrons. The van der Waals surface area contributed by atoms with Gasteiger partial charge in [-0.25, -0.2) is 14.6 Å². The number of hydrogen-bond acceptors (Lipinski definition) is 6. The number of aromatic nitrogens is 6. The summed E-state index contributed by atoms with van der Waals surface area (Å²) in [6, 6.07) is 2.37. The van der Waals surface area contributed by atoms with E-state index in [1.165, 1.54) is 0 Å². The Hall–Kier alpha value is -2.05. The van der Waals surface area contributed by atoms with Crippen molar-refractivity contribution >= 4 is 5.82 Å². The molecule has 0 amide bonds. The molecule has 3 heterocycles. The molecule has 1 aliphatic heterocycles. The van der Waals surface area contributed by atoms with Gasteiger partial charge in [0.15, 0.2) is 5.82 Å². The van der Waals surface area contributed by atoms with Gasteiger partial charge in [-0.1, -0.05) is 0 Å². The third kappa shape index (κ3) is 2.69. The highest BCUT2D eigenvalue weighted by Crippen LogP contribution is 2.16. The highest BCUT2D eigenvalue weighted by molar-refractivity contribution is 5.36. The van der Waals surface area contributed by atoms with Crippen molar-refractivity contribution < 1.29 is 0 Å². The fraction of sp³-hybridized carbons (Fsp3) is 0.583. The van der Waals surface area contributed by atoms with Gasteiger partial charge in [-0.2, -0.15) is 0 Å². The van der Waals surface area contributed by atoms with Crippen molar-refractivity contribution in [2.75, 3.05) is 5.32 Å². The third-order valence-electron chi connectivity index (χ3n) is 3.33. The lowest BCUT2D eigenvalue weighted by molar-refractivity contribution is 0.531. The Morgan fingerprint density at radius 2 is 2.16 bits per heavy atom. The first-order valence-electron chi connectivity index (χ1n) is 6.54. The molecule has 7 nitrogen and oxygen atoms in total. The number of fused-ring (bicyclic) bond motifs is 1. The quantitative estimate of drug-likeness (QED) is 0.862. The number of aryl methyl sites for hydroxylation is 4. The Kier molecular flexibility index (Phi) is 3.10. The van der Waals surface area contributed by atoms with E-state index in [0.29, 0.717) is 6.04 Å². The molecule has 7 heteroatoms. The third-order valence-corrected chi connectivity index (χ3v) is 3.33. The van der Waals surface area contributed by atoms with Crippen LogP contribution in [0.5, 0.6) is 0 Å². The SMILES string of the molecule is Cc1cc(N[C@H]2CCc3nnnn3CC2)nc(C)n1. The number of anilines is 1. The maximum absolute atomic E-state index is 4.42. The monoisotopic (exact) mass is 259 g/mol. The number of hydrogen-bond donors (Lipinski definition) is 1. The van der Waals surface area contributed by atoms with Gasteiger partial charge in [0.1, 0.15) is 11.6 Å². The summed E-state index contributed by atoms with van der Waals surface area (Å²) in [6.45, 7) is 4.75. The Labute approximate surface area is 111 Å². The molecular formula is C12H17N7. The van der Waals surface area contributed by atoms with Crippen molar-refractivity contribution in [3.05, 3.63) is 23.4 Å². The van der Waals surface area contributed by atoms with Crippen LogP contribution in [0.3, 0.4) is 0 Å². The zero-order valence-corrected chi connectivity index (χ0v) is 11.2. The summed E-state index contributed by atoms with van der Waals surface area (Å²) in [6.07, 6.45) is 2.91. The Bertz CT molecular complexity index is 534. The van der Waals surface area contributed by atoms with Crippen LogP contribution in [0, 0.1) is 13.8 Å². The molecule has 3 rings (SSSR count). The molecule has 1 N–H and O–H groups in total. The van der Waals surface area contributed by atoms with Crippen LogP contribution in [0.1, 0.15) is 30.2 Å². The molecule has 1 aliphatic rings. The van der Waals surface area contributed by atoms with Crippen LogP contribution in [0.2, 0.25) is 0 Å². The molecule has 0 radical (unpaired) electrons. The van der Waals surface area contributed by atoms with Crippen molar-refractivity contribution in [3.63, 3.8) is 0 Å². The summed E-state index contributed by atoms with van der Waals surface area (Å²) in [4.78, 5) is 8.71. The van der Waals surface area contributed by atoms with Crippen LogP contribution in [-0.2, 0) is 13.0 Å². The van der Waals surface area contributed by atoms with Crippen molar-refractivity contribution in [1.29, 1.82) is 0 Å². The van der Waals surface area contributed by atoms with E-state index < -0.39 is 0 Å². The van der Waals surface area contributed by atoms with Gasteiger partial charge >= 0.3 is 0 Å². The van der Waals surface area contributed by atoms with Gasteiger partial charge in [-0.15, -0.1) is 5.10 Å². The second-order valence-electron chi connectivity index (χ2n) is 4.93. The summed E-state index contributed by atoms with van der Waals surface area (Å²) in [7, 11) is 0. The lowest BCUT2D eigenvalue weighted by atomic mass is 10.1. The van der Waals surface area contributed by atoms with E-state index in [0.717, 1.165) is 49.0 Å². The maximum Gasteiger partial charge on any atom is 0.151 e. The molecule has 0 aromatic carbocycles. The molecule has 0 unspecified atom stereocenters. The van der Waals surface area contributed by atoms with Crippen molar-refractivity contribution in [1.82, 2.24) is 30.2 Å². The van der Waals surface area contributed by atoms with Crippen LogP contribution in [0.4, 0.5) is 5.82 Å².